The number of carbonyl (C=O) groups excluding carboxylic acids is 1. The van der Waals surface area contributed by atoms with Gasteiger partial charge in [-0.1, -0.05) is 261 Å². The van der Waals surface area contributed by atoms with E-state index in [0.717, 1.165) is 51.4 Å². The van der Waals surface area contributed by atoms with Gasteiger partial charge in [0.05, 0.1) is 25.4 Å². The molecule has 1 heterocycles. The highest BCUT2D eigenvalue weighted by molar-refractivity contribution is 5.80. The maximum Gasteiger partial charge on any atom is 0.249 e. The van der Waals surface area contributed by atoms with Crippen LogP contribution in [-0.2, 0) is 14.3 Å². The number of amides is 1. The minimum absolute atomic E-state index is 0.300. The van der Waals surface area contributed by atoms with Crippen molar-refractivity contribution in [2.75, 3.05) is 13.2 Å². The van der Waals surface area contributed by atoms with Crippen LogP contribution >= 0.6 is 0 Å². The minimum atomic E-state index is -1.62. The Morgan fingerprint density at radius 2 is 0.838 bits per heavy atom. The molecule has 1 aliphatic heterocycles. The van der Waals surface area contributed by atoms with Gasteiger partial charge in [0.1, 0.15) is 30.5 Å². The molecule has 432 valence electrons. The Morgan fingerprint density at radius 3 is 1.26 bits per heavy atom. The molecule has 0 aromatic rings. The lowest BCUT2D eigenvalue weighted by atomic mass is 9.99. The zero-order chi connectivity index (χ0) is 53.8. The maximum atomic E-state index is 13.1. The van der Waals surface area contributed by atoms with Gasteiger partial charge in [-0.25, -0.2) is 0 Å². The van der Waals surface area contributed by atoms with Crippen molar-refractivity contribution in [2.45, 2.75) is 326 Å². The second-order valence-corrected chi connectivity index (χ2v) is 21.6. The average molecular weight is 1040 g/mol. The van der Waals surface area contributed by atoms with Gasteiger partial charge in [-0.2, -0.15) is 0 Å². The quantitative estimate of drug-likeness (QED) is 0.0232. The number of carbonyl (C=O) groups is 1. The summed E-state index contributed by atoms with van der Waals surface area (Å²) in [6.45, 7) is 3.60. The Labute approximate surface area is 454 Å². The fourth-order valence-electron chi connectivity index (χ4n) is 9.64. The van der Waals surface area contributed by atoms with Gasteiger partial charge in [0.15, 0.2) is 6.29 Å². The van der Waals surface area contributed by atoms with Crippen molar-refractivity contribution in [2.24, 2.45) is 0 Å². The first-order chi connectivity index (χ1) is 36.3. The molecule has 1 aliphatic rings. The lowest BCUT2D eigenvalue weighted by Crippen LogP contribution is -2.60. The van der Waals surface area contributed by atoms with Gasteiger partial charge in [-0.05, 0) is 77.0 Å². The molecular formula is C64H117NO9. The molecule has 74 heavy (non-hydrogen) atoms. The molecule has 10 heteroatoms. The number of ether oxygens (including phenoxy) is 2. The van der Waals surface area contributed by atoms with Gasteiger partial charge in [0.2, 0.25) is 5.91 Å². The largest absolute Gasteiger partial charge is 0.394 e. The lowest BCUT2D eigenvalue weighted by Gasteiger charge is -2.40. The lowest BCUT2D eigenvalue weighted by molar-refractivity contribution is -0.302. The number of nitrogens with one attached hydrogen (secondary N) is 1. The van der Waals surface area contributed by atoms with E-state index in [0.29, 0.717) is 19.3 Å². The van der Waals surface area contributed by atoms with Crippen molar-refractivity contribution in [3.63, 3.8) is 0 Å². The summed E-state index contributed by atoms with van der Waals surface area (Å²) in [6, 6.07) is -1.01. The van der Waals surface area contributed by atoms with Crippen LogP contribution in [0.3, 0.4) is 0 Å². The molecule has 1 rings (SSSR count). The van der Waals surface area contributed by atoms with Gasteiger partial charge in [-0.3, -0.25) is 4.79 Å². The highest BCUT2D eigenvalue weighted by Crippen LogP contribution is 2.23. The second-order valence-electron chi connectivity index (χ2n) is 21.6. The monoisotopic (exact) mass is 1040 g/mol. The Balaban J connectivity index is 2.20. The van der Waals surface area contributed by atoms with Crippen molar-refractivity contribution >= 4 is 5.91 Å². The standard InChI is InChI=1S/C64H117NO9/c1-3-5-7-9-11-13-15-17-19-21-22-23-24-25-26-27-28-29-30-31-32-33-34-35-37-39-41-43-45-47-49-51-53-58(68)63(72)65-56(55-73-64-62(71)61(70)60(69)59(54-66)74-64)57(67)52-50-48-46-44-42-40-38-36-20-18-16-14-12-10-8-6-4-2/h20,22-23,25-26,36,42,44,50,52,56-62,64,66-71H,3-19,21,24,27-35,37-41,43,45-49,51,53-55H2,1-2H3,(H,65,72)/b23-22-,26-25-,36-20+,44-42+,52-50+. The van der Waals surface area contributed by atoms with E-state index in [1.54, 1.807) is 6.08 Å². The fraction of sp³-hybridized carbons (Fsp3) is 0.828. The maximum absolute atomic E-state index is 13.1. The third kappa shape index (κ3) is 41.0. The Kier molecular flexibility index (Phi) is 49.9. The summed E-state index contributed by atoms with van der Waals surface area (Å²) in [5, 5.41) is 65.1. The molecule has 10 nitrogen and oxygen atoms in total. The van der Waals surface area contributed by atoms with Gasteiger partial charge in [0, 0.05) is 0 Å². The van der Waals surface area contributed by atoms with Crippen LogP contribution in [0.2, 0.25) is 0 Å². The van der Waals surface area contributed by atoms with E-state index >= 15 is 0 Å². The summed E-state index contributed by atoms with van der Waals surface area (Å²) in [7, 11) is 0. The SMILES string of the molecule is CCCCCCCCC/C=C/CC/C=C/CC/C=C/C(O)C(COC1OC(CO)C(O)C(O)C1O)NC(=O)C(O)CCCCCCCCCCCCCCCCCC/C=C\C/C=C\CCCCCCCCCCC. The molecule has 0 saturated carbocycles. The van der Waals surface area contributed by atoms with E-state index < -0.39 is 61.5 Å². The smallest absolute Gasteiger partial charge is 0.249 e. The number of rotatable bonds is 53. The number of allylic oxidation sites excluding steroid dienone is 9. The molecule has 0 bridgehead atoms. The summed E-state index contributed by atoms with van der Waals surface area (Å²) < 4.78 is 11.2. The number of unbranched alkanes of at least 4 members (excludes halogenated alkanes) is 34. The van der Waals surface area contributed by atoms with Gasteiger partial charge in [-0.15, -0.1) is 0 Å². The summed E-state index contributed by atoms with van der Waals surface area (Å²) in [5.41, 5.74) is 0. The van der Waals surface area contributed by atoms with E-state index in [1.165, 1.54) is 193 Å². The molecule has 7 N–H and O–H groups in total. The molecule has 0 radical (unpaired) electrons. The van der Waals surface area contributed by atoms with Crippen LogP contribution in [0.25, 0.3) is 0 Å². The Morgan fingerprint density at radius 1 is 0.473 bits per heavy atom. The van der Waals surface area contributed by atoms with Gasteiger partial charge >= 0.3 is 0 Å². The average Bonchev–Trinajstić information content (AvgIpc) is 3.40. The van der Waals surface area contributed by atoms with Crippen molar-refractivity contribution in [1.29, 1.82) is 0 Å². The molecule has 0 aromatic carbocycles. The molecule has 0 aromatic heterocycles. The number of aliphatic hydroxyl groups excluding tert-OH is 6. The zero-order valence-electron chi connectivity index (χ0n) is 47.7. The normalized spacial score (nSPS) is 19.8. The topological polar surface area (TPSA) is 169 Å². The van der Waals surface area contributed by atoms with E-state index in [1.807, 2.05) is 6.08 Å². The van der Waals surface area contributed by atoms with E-state index in [2.05, 4.69) is 67.8 Å². The first-order valence-corrected chi connectivity index (χ1v) is 31.1. The van der Waals surface area contributed by atoms with E-state index in [4.69, 9.17) is 9.47 Å². The predicted octanol–water partition coefficient (Wildman–Crippen LogP) is 14.8. The first kappa shape index (κ1) is 69.9. The highest BCUT2D eigenvalue weighted by atomic mass is 16.7. The second kappa shape index (κ2) is 52.9. The Hall–Kier alpha value is -2.15. The summed E-state index contributed by atoms with van der Waals surface area (Å²) >= 11 is 0. The predicted molar refractivity (Wildman–Crippen MR) is 310 cm³/mol. The van der Waals surface area contributed by atoms with Crippen molar-refractivity contribution in [3.8, 4) is 0 Å². The van der Waals surface area contributed by atoms with E-state index in [-0.39, 0.29) is 6.61 Å². The molecule has 1 fully saturated rings. The molecule has 1 saturated heterocycles. The summed E-state index contributed by atoms with van der Waals surface area (Å²) in [5.74, 6) is -0.629. The summed E-state index contributed by atoms with van der Waals surface area (Å²) in [4.78, 5) is 13.1. The number of aliphatic hydroxyl groups is 6. The number of hydrogen-bond acceptors (Lipinski definition) is 9. The Bertz CT molecular complexity index is 1370. The molecule has 1 amide bonds. The van der Waals surface area contributed by atoms with Crippen molar-refractivity contribution < 1.29 is 44.9 Å². The third-order valence-corrected chi connectivity index (χ3v) is 14.7. The summed E-state index contributed by atoms with van der Waals surface area (Å²) in [6.07, 6.45) is 62.0. The van der Waals surface area contributed by atoms with Crippen LogP contribution in [0.1, 0.15) is 277 Å². The molecule has 8 unspecified atom stereocenters. The van der Waals surface area contributed by atoms with Gasteiger partial charge < -0.3 is 45.4 Å². The van der Waals surface area contributed by atoms with Crippen LogP contribution in [0, 0.1) is 0 Å². The van der Waals surface area contributed by atoms with Crippen LogP contribution in [0.4, 0.5) is 0 Å². The first-order valence-electron chi connectivity index (χ1n) is 31.1. The van der Waals surface area contributed by atoms with Crippen molar-refractivity contribution in [1.82, 2.24) is 5.32 Å². The van der Waals surface area contributed by atoms with Crippen molar-refractivity contribution in [3.05, 3.63) is 60.8 Å². The van der Waals surface area contributed by atoms with Gasteiger partial charge in [0.25, 0.3) is 0 Å². The number of hydrogen-bond donors (Lipinski definition) is 7. The third-order valence-electron chi connectivity index (χ3n) is 14.7. The molecular weight excluding hydrogens is 927 g/mol. The van der Waals surface area contributed by atoms with Crippen LogP contribution in [0.5, 0.6) is 0 Å². The van der Waals surface area contributed by atoms with Crippen LogP contribution in [-0.4, -0.2) is 98.7 Å². The zero-order valence-corrected chi connectivity index (χ0v) is 47.7. The molecule has 8 atom stereocenters. The molecule has 0 aliphatic carbocycles. The molecule has 0 spiro atoms. The van der Waals surface area contributed by atoms with Crippen LogP contribution in [0.15, 0.2) is 60.8 Å². The fourth-order valence-corrected chi connectivity index (χ4v) is 9.64. The van der Waals surface area contributed by atoms with Crippen LogP contribution < -0.4 is 5.32 Å². The minimum Gasteiger partial charge on any atom is -0.394 e. The van der Waals surface area contributed by atoms with E-state index in [9.17, 15) is 35.4 Å². The highest BCUT2D eigenvalue weighted by Gasteiger charge is 2.44.